The second-order valence-corrected chi connectivity index (χ2v) is 3.34. The second kappa shape index (κ2) is 5.17. The molecule has 0 aliphatic carbocycles. The van der Waals surface area contributed by atoms with Crippen LogP contribution in [0.15, 0.2) is 18.2 Å². The summed E-state index contributed by atoms with van der Waals surface area (Å²) in [4.78, 5) is 0. The van der Waals surface area contributed by atoms with Crippen molar-refractivity contribution in [3.05, 3.63) is 29.6 Å². The number of hydrogen-bond donors (Lipinski definition) is 1. The molecule has 14 heavy (non-hydrogen) atoms. The third-order valence-electron chi connectivity index (χ3n) is 1.75. The first-order chi connectivity index (χ1) is 6.63. The molecule has 0 heterocycles. The number of hydrogen-bond acceptors (Lipinski definition) is 2. The molecule has 0 aliphatic heterocycles. The largest absolute Gasteiger partial charge is 0.491 e. The van der Waals surface area contributed by atoms with Gasteiger partial charge in [0.05, 0.1) is 5.88 Å². The van der Waals surface area contributed by atoms with Crippen molar-refractivity contribution in [1.29, 1.82) is 0 Å². The summed E-state index contributed by atoms with van der Waals surface area (Å²) < 4.78 is 17.9. The maximum absolute atomic E-state index is 12.7. The lowest BCUT2D eigenvalue weighted by Crippen LogP contribution is -2.19. The highest BCUT2D eigenvalue weighted by atomic mass is 35.5. The maximum atomic E-state index is 12.7. The summed E-state index contributed by atoms with van der Waals surface area (Å²) in [5.74, 6) is 0.392. The van der Waals surface area contributed by atoms with Crippen molar-refractivity contribution in [3.63, 3.8) is 0 Å². The number of aryl methyl sites for hydroxylation is 1. The summed E-state index contributed by atoms with van der Waals surface area (Å²) >= 11 is 5.39. The zero-order valence-electron chi connectivity index (χ0n) is 7.84. The Hall–Kier alpha value is -0.800. The van der Waals surface area contributed by atoms with Crippen molar-refractivity contribution in [3.8, 4) is 5.75 Å². The predicted molar refractivity (Wildman–Crippen MR) is 53.4 cm³/mol. The fourth-order valence-corrected chi connectivity index (χ4v) is 1.09. The molecule has 0 saturated carbocycles. The van der Waals surface area contributed by atoms with Gasteiger partial charge in [-0.3, -0.25) is 0 Å². The molecule has 1 aromatic carbocycles. The Morgan fingerprint density at radius 1 is 1.57 bits per heavy atom. The summed E-state index contributed by atoms with van der Waals surface area (Å²) in [5, 5.41) is 9.13. The lowest BCUT2D eigenvalue weighted by Gasteiger charge is -2.11. The average molecular weight is 219 g/mol. The Balaban J connectivity index is 2.59. The minimum atomic E-state index is -0.693. The van der Waals surface area contributed by atoms with E-state index in [1.165, 1.54) is 18.2 Å². The predicted octanol–water partition coefficient (Wildman–Crippen LogP) is 2.11. The number of rotatable bonds is 4. The van der Waals surface area contributed by atoms with Crippen LogP contribution in [0.5, 0.6) is 5.75 Å². The number of aliphatic hydroxyl groups is 1. The highest BCUT2D eigenvalue weighted by Gasteiger charge is 2.05. The summed E-state index contributed by atoms with van der Waals surface area (Å²) in [6, 6.07) is 4.23. The van der Waals surface area contributed by atoms with E-state index in [1.54, 1.807) is 6.92 Å². The number of aliphatic hydroxyl groups excluding tert-OH is 1. The normalized spacial score (nSPS) is 12.6. The van der Waals surface area contributed by atoms with Crippen molar-refractivity contribution < 1.29 is 14.2 Å². The van der Waals surface area contributed by atoms with Gasteiger partial charge in [0.25, 0.3) is 0 Å². The van der Waals surface area contributed by atoms with Gasteiger partial charge < -0.3 is 9.84 Å². The van der Waals surface area contributed by atoms with Crippen molar-refractivity contribution >= 4 is 11.6 Å². The summed E-state index contributed by atoms with van der Waals surface area (Å²) in [6.07, 6.45) is -0.693. The smallest absolute Gasteiger partial charge is 0.123 e. The highest BCUT2D eigenvalue weighted by molar-refractivity contribution is 6.18. The Kier molecular flexibility index (Phi) is 4.17. The second-order valence-electron chi connectivity index (χ2n) is 3.03. The van der Waals surface area contributed by atoms with Gasteiger partial charge in [-0.2, -0.15) is 0 Å². The SMILES string of the molecule is Cc1cc(F)ccc1OCC(O)CCl. The van der Waals surface area contributed by atoms with Gasteiger partial charge in [-0.05, 0) is 30.7 Å². The highest BCUT2D eigenvalue weighted by Crippen LogP contribution is 2.18. The van der Waals surface area contributed by atoms with Gasteiger partial charge in [-0.1, -0.05) is 0 Å². The van der Waals surface area contributed by atoms with Gasteiger partial charge >= 0.3 is 0 Å². The van der Waals surface area contributed by atoms with Crippen LogP contribution in [-0.2, 0) is 0 Å². The van der Waals surface area contributed by atoms with Crippen LogP contribution in [0.3, 0.4) is 0 Å². The molecule has 0 bridgehead atoms. The van der Waals surface area contributed by atoms with Gasteiger partial charge in [0.1, 0.15) is 24.3 Å². The van der Waals surface area contributed by atoms with E-state index in [2.05, 4.69) is 0 Å². The molecule has 0 aliphatic rings. The van der Waals surface area contributed by atoms with Crippen molar-refractivity contribution in [1.82, 2.24) is 0 Å². The Bertz CT molecular complexity index is 304. The van der Waals surface area contributed by atoms with Crippen LogP contribution in [0.25, 0.3) is 0 Å². The van der Waals surface area contributed by atoms with Crippen molar-refractivity contribution in [2.75, 3.05) is 12.5 Å². The monoisotopic (exact) mass is 218 g/mol. The van der Waals surface area contributed by atoms with Crippen LogP contribution in [0.4, 0.5) is 4.39 Å². The minimum absolute atomic E-state index is 0.121. The van der Waals surface area contributed by atoms with E-state index in [0.29, 0.717) is 11.3 Å². The maximum Gasteiger partial charge on any atom is 0.123 e. The lowest BCUT2D eigenvalue weighted by molar-refractivity contribution is 0.125. The van der Waals surface area contributed by atoms with Crippen LogP contribution >= 0.6 is 11.6 Å². The average Bonchev–Trinajstić information content (AvgIpc) is 2.16. The van der Waals surface area contributed by atoms with Crippen LogP contribution in [0.2, 0.25) is 0 Å². The molecule has 78 valence electrons. The number of ether oxygens (including phenoxy) is 1. The first kappa shape index (κ1) is 11.3. The summed E-state index contributed by atoms with van der Waals surface area (Å²) in [6.45, 7) is 1.86. The molecule has 1 rings (SSSR count). The van der Waals surface area contributed by atoms with Gasteiger partial charge in [-0.25, -0.2) is 4.39 Å². The fraction of sp³-hybridized carbons (Fsp3) is 0.400. The van der Waals surface area contributed by atoms with Crippen LogP contribution in [0.1, 0.15) is 5.56 Å². The molecule has 1 unspecified atom stereocenters. The molecular weight excluding hydrogens is 207 g/mol. The molecule has 1 atom stereocenters. The van der Waals surface area contributed by atoms with E-state index in [-0.39, 0.29) is 18.3 Å². The molecule has 4 heteroatoms. The first-order valence-corrected chi connectivity index (χ1v) is 4.80. The van der Waals surface area contributed by atoms with E-state index in [4.69, 9.17) is 21.4 Å². The summed E-state index contributed by atoms with van der Waals surface area (Å²) in [5.41, 5.74) is 0.701. The fourth-order valence-electron chi connectivity index (χ4n) is 1.01. The van der Waals surface area contributed by atoms with E-state index in [9.17, 15) is 4.39 Å². The molecule has 0 aromatic heterocycles. The molecule has 0 fully saturated rings. The third kappa shape index (κ3) is 3.16. The molecule has 0 spiro atoms. The lowest BCUT2D eigenvalue weighted by atomic mass is 10.2. The number of halogens is 2. The van der Waals surface area contributed by atoms with E-state index >= 15 is 0 Å². The number of benzene rings is 1. The topological polar surface area (TPSA) is 29.5 Å². The van der Waals surface area contributed by atoms with Gasteiger partial charge in [0.15, 0.2) is 0 Å². The van der Waals surface area contributed by atoms with Crippen LogP contribution in [-0.4, -0.2) is 23.7 Å². The molecule has 0 radical (unpaired) electrons. The van der Waals surface area contributed by atoms with Crippen LogP contribution in [0, 0.1) is 12.7 Å². The first-order valence-electron chi connectivity index (χ1n) is 4.26. The Labute approximate surface area is 87.3 Å². The third-order valence-corrected chi connectivity index (χ3v) is 2.10. The molecular formula is C10H12ClFO2. The standard InChI is InChI=1S/C10H12ClFO2/c1-7-4-8(12)2-3-10(7)14-6-9(13)5-11/h2-4,9,13H,5-6H2,1H3. The summed E-state index contributed by atoms with van der Waals surface area (Å²) in [7, 11) is 0. The van der Waals surface area contributed by atoms with Gasteiger partial charge in [0.2, 0.25) is 0 Å². The van der Waals surface area contributed by atoms with Gasteiger partial charge in [-0.15, -0.1) is 11.6 Å². The Morgan fingerprint density at radius 2 is 2.29 bits per heavy atom. The quantitative estimate of drug-likeness (QED) is 0.785. The molecule has 0 saturated heterocycles. The van der Waals surface area contributed by atoms with Crippen molar-refractivity contribution in [2.45, 2.75) is 13.0 Å². The van der Waals surface area contributed by atoms with Crippen molar-refractivity contribution in [2.24, 2.45) is 0 Å². The molecule has 2 nitrogen and oxygen atoms in total. The Morgan fingerprint density at radius 3 is 2.86 bits per heavy atom. The molecule has 1 aromatic rings. The van der Waals surface area contributed by atoms with Crippen LogP contribution < -0.4 is 4.74 Å². The molecule has 1 N–H and O–H groups in total. The minimum Gasteiger partial charge on any atom is -0.491 e. The number of alkyl halides is 1. The zero-order valence-corrected chi connectivity index (χ0v) is 8.59. The molecule has 0 amide bonds. The van der Waals surface area contributed by atoms with E-state index in [1.807, 2.05) is 0 Å². The van der Waals surface area contributed by atoms with E-state index < -0.39 is 6.10 Å². The van der Waals surface area contributed by atoms with E-state index in [0.717, 1.165) is 0 Å². The van der Waals surface area contributed by atoms with Gasteiger partial charge in [0, 0.05) is 0 Å². The zero-order chi connectivity index (χ0) is 10.6.